The van der Waals surface area contributed by atoms with E-state index in [0.29, 0.717) is 0 Å². The summed E-state index contributed by atoms with van der Waals surface area (Å²) < 4.78 is 397. The average molecular weight is 765 g/mol. The molecule has 0 aromatic heterocycles. The van der Waals surface area contributed by atoms with Crippen molar-refractivity contribution in [3.8, 4) is 0 Å². The Balaban J connectivity index is 7.57. The fourth-order valence-corrected chi connectivity index (χ4v) is 2.56. The summed E-state index contributed by atoms with van der Waals surface area (Å²) in [7, 11) is 0. The Morgan fingerprint density at radius 2 is 0.370 bits per heavy atom. The molecular weight excluding hydrogens is 762 g/mol. The van der Waals surface area contributed by atoms with Gasteiger partial charge in [0, 0.05) is 6.92 Å². The zero-order valence-corrected chi connectivity index (χ0v) is 19.8. The lowest BCUT2D eigenvalue weighted by atomic mass is 9.83. The van der Waals surface area contributed by atoms with Crippen molar-refractivity contribution in [3.63, 3.8) is 0 Å². The Hall–Kier alpha value is -2.10. The number of hydrogen-bond donors (Lipinski definition) is 0. The Kier molecular flexibility index (Phi) is 9.97. The van der Waals surface area contributed by atoms with Gasteiger partial charge in [0.15, 0.2) is 0 Å². The number of halogens is 30. The van der Waals surface area contributed by atoms with Gasteiger partial charge in [0.25, 0.3) is 0 Å². The van der Waals surface area contributed by atoms with Gasteiger partial charge in [0.2, 0.25) is 0 Å². The molecule has 0 atom stereocenters. The summed E-state index contributed by atoms with van der Waals surface area (Å²) in [5, 5.41) is 0. The molecule has 0 fully saturated rings. The first-order valence-corrected chi connectivity index (χ1v) is 9.67. The van der Waals surface area contributed by atoms with Gasteiger partial charge in [-0.1, -0.05) is 0 Å². The van der Waals surface area contributed by atoms with Gasteiger partial charge >= 0.3 is 89.3 Å². The fraction of sp³-hybridized carbons (Fsp3) is 0.938. The molecule has 0 aromatic carbocycles. The van der Waals surface area contributed by atoms with Crippen molar-refractivity contribution < 1.29 is 132 Å². The molecule has 0 amide bonds. The van der Waals surface area contributed by atoms with Gasteiger partial charge in [-0.05, 0) is 0 Å². The third-order valence-electron chi connectivity index (χ3n) is 5.52. The van der Waals surface area contributed by atoms with Crippen LogP contribution >= 0.6 is 0 Å². The summed E-state index contributed by atoms with van der Waals surface area (Å²) in [6.45, 7) is -1.62. The molecule has 0 aliphatic rings. The first kappa shape index (κ1) is 43.9. The lowest BCUT2D eigenvalue weighted by Gasteiger charge is -2.46. The average Bonchev–Trinajstić information content (AvgIpc) is 2.81. The Bertz CT molecular complexity index is 1100. The van der Waals surface area contributed by atoms with E-state index in [1.807, 2.05) is 0 Å². The summed E-state index contributed by atoms with van der Waals surface area (Å²) >= 11 is 0. The topological polar surface area (TPSA) is 0 Å². The molecule has 277 valence electrons. The first-order valence-electron chi connectivity index (χ1n) is 9.67. The SMILES string of the molecule is CC(F)(F)C(F)(F)C(F)(F)C(F)(F)C(F)(F)C(F)(F)C(F)(F)C(F)(F)C(F)(F)C(F)(F)C(F)(F)C(F)(F)C(F)(F)C(F)(F)[C](F)F. The molecule has 0 bridgehead atoms. The summed E-state index contributed by atoms with van der Waals surface area (Å²) in [6.07, 6.45) is -5.49. The Morgan fingerprint density at radius 3 is 0.500 bits per heavy atom. The van der Waals surface area contributed by atoms with Crippen LogP contribution in [-0.2, 0) is 0 Å². The van der Waals surface area contributed by atoms with E-state index in [4.69, 9.17) is 0 Å². The minimum Gasteiger partial charge on any atom is -0.200 e. The van der Waals surface area contributed by atoms with E-state index in [0.717, 1.165) is 0 Å². The third-order valence-corrected chi connectivity index (χ3v) is 5.52. The maximum atomic E-state index is 13.7. The zero-order valence-electron chi connectivity index (χ0n) is 19.8. The molecule has 0 spiro atoms. The van der Waals surface area contributed by atoms with E-state index in [-0.39, 0.29) is 0 Å². The molecule has 0 aliphatic carbocycles. The summed E-state index contributed by atoms with van der Waals surface area (Å²) in [4.78, 5) is 0. The Labute approximate surface area is 229 Å². The minimum absolute atomic E-state index is 1.62. The van der Waals surface area contributed by atoms with Gasteiger partial charge in [-0.3, -0.25) is 0 Å². The quantitative estimate of drug-likeness (QED) is 0.155. The van der Waals surface area contributed by atoms with Crippen LogP contribution in [0, 0.1) is 6.43 Å². The highest BCUT2D eigenvalue weighted by atomic mass is 19.4. The molecule has 0 aromatic rings. The summed E-state index contributed by atoms with van der Waals surface area (Å²) in [5.41, 5.74) is 0. The van der Waals surface area contributed by atoms with Gasteiger partial charge < -0.3 is 0 Å². The van der Waals surface area contributed by atoms with E-state index >= 15 is 0 Å². The third kappa shape index (κ3) is 4.80. The second kappa shape index (κ2) is 10.4. The van der Waals surface area contributed by atoms with Gasteiger partial charge in [0.1, 0.15) is 0 Å². The standard InChI is InChI=1S/C16H3F30/c1-3(19,20)5(23,24)7(27,28)9(31,32)11(35,36)13(39,40)15(43,44)16(45,46)14(41,42)12(37,38)10(33,34)8(29,30)6(25,26)4(21,22)2(17)18/h1H3. The maximum absolute atomic E-state index is 13.7. The molecule has 0 rings (SSSR count). The molecule has 46 heavy (non-hydrogen) atoms. The first-order chi connectivity index (χ1) is 19.2. The summed E-state index contributed by atoms with van der Waals surface area (Å²) in [6, 6.07) is 0. The molecular formula is C16H3F30. The molecule has 0 saturated heterocycles. The lowest BCUT2D eigenvalue weighted by Crippen LogP contribution is -2.79. The fourth-order valence-electron chi connectivity index (χ4n) is 2.56. The van der Waals surface area contributed by atoms with Crippen LogP contribution in [0.3, 0.4) is 0 Å². The van der Waals surface area contributed by atoms with Crippen LogP contribution in [-0.4, -0.2) is 82.9 Å². The molecule has 0 aliphatic heterocycles. The molecule has 30 heteroatoms. The molecule has 0 N–H and O–H groups in total. The van der Waals surface area contributed by atoms with Gasteiger partial charge in [-0.15, -0.1) is 0 Å². The maximum Gasteiger partial charge on any atom is 0.385 e. The normalized spacial score (nSPS) is 17.2. The highest BCUT2D eigenvalue weighted by Gasteiger charge is 3.00. The largest absolute Gasteiger partial charge is 0.385 e. The van der Waals surface area contributed by atoms with Crippen molar-refractivity contribution in [1.82, 2.24) is 0 Å². The van der Waals surface area contributed by atoms with Crippen LogP contribution < -0.4 is 0 Å². The number of rotatable bonds is 14. The highest BCUT2D eigenvalue weighted by Crippen LogP contribution is 2.69. The smallest absolute Gasteiger partial charge is 0.200 e. The van der Waals surface area contributed by atoms with Crippen molar-refractivity contribution in [2.24, 2.45) is 0 Å². The minimum atomic E-state index is -9.96. The molecule has 0 nitrogen and oxygen atoms in total. The van der Waals surface area contributed by atoms with E-state index in [1.54, 1.807) is 0 Å². The van der Waals surface area contributed by atoms with Crippen LogP contribution in [0.25, 0.3) is 0 Å². The second-order valence-corrected chi connectivity index (χ2v) is 8.62. The zero-order chi connectivity index (χ0) is 38.6. The van der Waals surface area contributed by atoms with Crippen molar-refractivity contribution >= 4 is 0 Å². The van der Waals surface area contributed by atoms with Crippen LogP contribution in [0.15, 0.2) is 0 Å². The lowest BCUT2D eigenvalue weighted by molar-refractivity contribution is -0.485. The van der Waals surface area contributed by atoms with Gasteiger partial charge in [-0.25, -0.2) is 0 Å². The second-order valence-electron chi connectivity index (χ2n) is 8.62. The molecule has 0 saturated carbocycles. The monoisotopic (exact) mass is 765 g/mol. The van der Waals surface area contributed by atoms with Crippen molar-refractivity contribution in [1.29, 1.82) is 0 Å². The van der Waals surface area contributed by atoms with E-state index in [2.05, 4.69) is 0 Å². The predicted octanol–water partition coefficient (Wildman–Crippen LogP) is 10.3. The predicted molar refractivity (Wildman–Crippen MR) is 80.4 cm³/mol. The van der Waals surface area contributed by atoms with E-state index in [1.165, 1.54) is 0 Å². The van der Waals surface area contributed by atoms with E-state index in [9.17, 15) is 132 Å². The van der Waals surface area contributed by atoms with E-state index < -0.39 is 96.3 Å². The van der Waals surface area contributed by atoms with Crippen molar-refractivity contribution in [3.05, 3.63) is 6.43 Å². The van der Waals surface area contributed by atoms with Crippen LogP contribution in [0.5, 0.6) is 0 Å². The van der Waals surface area contributed by atoms with Crippen molar-refractivity contribution in [2.45, 2.75) is 89.8 Å². The molecule has 0 unspecified atom stereocenters. The Morgan fingerprint density at radius 1 is 0.239 bits per heavy atom. The van der Waals surface area contributed by atoms with Crippen molar-refractivity contribution in [2.75, 3.05) is 0 Å². The highest BCUT2D eigenvalue weighted by molar-refractivity contribution is 5.21. The van der Waals surface area contributed by atoms with Gasteiger partial charge in [-0.2, -0.15) is 132 Å². The summed E-state index contributed by atoms with van der Waals surface area (Å²) in [5.74, 6) is -129. The number of alkyl halides is 28. The van der Waals surface area contributed by atoms with Gasteiger partial charge in [0.05, 0.1) is 0 Å². The van der Waals surface area contributed by atoms with Crippen LogP contribution in [0.2, 0.25) is 0 Å². The number of hydrogen-bond acceptors (Lipinski definition) is 0. The molecule has 0 heterocycles. The van der Waals surface area contributed by atoms with Crippen LogP contribution in [0.4, 0.5) is 132 Å². The molecule has 1 radical (unpaired) electrons. The van der Waals surface area contributed by atoms with Crippen LogP contribution in [0.1, 0.15) is 6.92 Å².